The molecule has 2 aromatic heterocycles. The zero-order valence-electron chi connectivity index (χ0n) is 14.3. The number of aromatic nitrogens is 3. The molecule has 4 rings (SSSR count). The Morgan fingerprint density at radius 2 is 2.20 bits per heavy atom. The highest BCUT2D eigenvalue weighted by Gasteiger charge is 2.45. The molecule has 2 unspecified atom stereocenters. The number of nitrogens with zero attached hydrogens (tertiary/aromatic N) is 4. The normalized spacial score (nSPS) is 26.1. The number of hydrogen-bond acceptors (Lipinski definition) is 5. The smallest absolute Gasteiger partial charge is 0.316 e. The second-order valence-electron chi connectivity index (χ2n) is 6.80. The largest absolute Gasteiger partial charge is 0.458 e. The summed E-state index contributed by atoms with van der Waals surface area (Å²) in [5, 5.41) is 0. The summed E-state index contributed by atoms with van der Waals surface area (Å²) in [5.41, 5.74) is 0.388. The van der Waals surface area contributed by atoms with E-state index in [9.17, 15) is 4.79 Å². The van der Waals surface area contributed by atoms with E-state index in [1.54, 1.807) is 18.5 Å². The lowest BCUT2D eigenvalue weighted by molar-refractivity contribution is -0.0455. The van der Waals surface area contributed by atoms with E-state index >= 15 is 0 Å². The van der Waals surface area contributed by atoms with Gasteiger partial charge in [-0.2, -0.15) is 0 Å². The summed E-state index contributed by atoms with van der Waals surface area (Å²) in [4.78, 5) is 22.9. The van der Waals surface area contributed by atoms with Gasteiger partial charge in [-0.1, -0.05) is 0 Å². The second kappa shape index (κ2) is 6.48. The van der Waals surface area contributed by atoms with Gasteiger partial charge in [0.05, 0.1) is 18.8 Å². The molecule has 0 saturated carbocycles. The topological polar surface area (TPSA) is 69.5 Å². The lowest BCUT2D eigenvalue weighted by Crippen LogP contribution is -2.50. The molecule has 0 aromatic carbocycles. The van der Waals surface area contributed by atoms with E-state index in [1.807, 2.05) is 34.8 Å². The molecule has 2 fully saturated rings. The summed E-state index contributed by atoms with van der Waals surface area (Å²) >= 11 is 0. The molecule has 25 heavy (non-hydrogen) atoms. The molecule has 2 aromatic rings. The van der Waals surface area contributed by atoms with Crippen LogP contribution in [0.2, 0.25) is 0 Å². The Labute approximate surface area is 146 Å². The Balaban J connectivity index is 1.42. The van der Waals surface area contributed by atoms with Crippen LogP contribution in [0.3, 0.4) is 0 Å². The summed E-state index contributed by atoms with van der Waals surface area (Å²) in [6.45, 7) is 1.87. The van der Waals surface area contributed by atoms with Gasteiger partial charge in [0.2, 0.25) is 0 Å². The SMILES string of the molecule is Cn1cccc1C(=O)N1CCCC2(CC(Oc3ncccn3)CO2)C1. The molecule has 1 spiro atoms. The third-order valence-electron chi connectivity index (χ3n) is 4.98. The highest BCUT2D eigenvalue weighted by atomic mass is 16.6. The number of carbonyl (C=O) groups is 1. The summed E-state index contributed by atoms with van der Waals surface area (Å²) in [5.74, 6) is 0.0611. The van der Waals surface area contributed by atoms with Crippen LogP contribution in [0.1, 0.15) is 29.8 Å². The molecule has 0 bridgehead atoms. The first kappa shape index (κ1) is 16.1. The number of ether oxygens (including phenoxy) is 2. The Kier molecular flexibility index (Phi) is 4.17. The van der Waals surface area contributed by atoms with E-state index in [1.165, 1.54) is 0 Å². The first-order chi connectivity index (χ1) is 12.2. The van der Waals surface area contributed by atoms with Gasteiger partial charge in [-0.3, -0.25) is 4.79 Å². The van der Waals surface area contributed by atoms with E-state index in [0.717, 1.165) is 25.8 Å². The highest BCUT2D eigenvalue weighted by molar-refractivity contribution is 5.92. The fourth-order valence-electron chi connectivity index (χ4n) is 3.77. The number of carbonyl (C=O) groups excluding carboxylic acids is 1. The third-order valence-corrected chi connectivity index (χ3v) is 4.98. The van der Waals surface area contributed by atoms with Gasteiger partial charge in [-0.05, 0) is 31.0 Å². The monoisotopic (exact) mass is 342 g/mol. The third kappa shape index (κ3) is 3.24. The van der Waals surface area contributed by atoms with Crippen LogP contribution in [0.15, 0.2) is 36.8 Å². The Morgan fingerprint density at radius 1 is 1.36 bits per heavy atom. The van der Waals surface area contributed by atoms with Crippen LogP contribution in [0.4, 0.5) is 0 Å². The van der Waals surface area contributed by atoms with Gasteiger partial charge in [0.25, 0.3) is 5.91 Å². The van der Waals surface area contributed by atoms with Crippen molar-refractivity contribution < 1.29 is 14.3 Å². The maximum atomic E-state index is 12.8. The van der Waals surface area contributed by atoms with E-state index in [-0.39, 0.29) is 17.6 Å². The average Bonchev–Trinajstić information content (AvgIpc) is 3.22. The number of likely N-dealkylation sites (tertiary alicyclic amines) is 1. The summed E-state index contributed by atoms with van der Waals surface area (Å²) in [6.07, 6.45) is 7.77. The molecule has 0 radical (unpaired) electrons. The molecular formula is C18H22N4O3. The van der Waals surface area contributed by atoms with Crippen LogP contribution in [-0.4, -0.2) is 56.7 Å². The van der Waals surface area contributed by atoms with Crippen molar-refractivity contribution in [1.82, 2.24) is 19.4 Å². The number of hydrogen-bond donors (Lipinski definition) is 0. The average molecular weight is 342 g/mol. The molecule has 4 heterocycles. The van der Waals surface area contributed by atoms with Crippen LogP contribution in [0, 0.1) is 0 Å². The van der Waals surface area contributed by atoms with Crippen molar-refractivity contribution in [1.29, 1.82) is 0 Å². The quantitative estimate of drug-likeness (QED) is 0.848. The predicted molar refractivity (Wildman–Crippen MR) is 90.3 cm³/mol. The second-order valence-corrected chi connectivity index (χ2v) is 6.80. The first-order valence-corrected chi connectivity index (χ1v) is 8.63. The predicted octanol–water partition coefficient (Wildman–Crippen LogP) is 1.66. The van der Waals surface area contributed by atoms with Crippen molar-refractivity contribution in [3.05, 3.63) is 42.5 Å². The Bertz CT molecular complexity index is 748. The van der Waals surface area contributed by atoms with Crippen LogP contribution in [0.25, 0.3) is 0 Å². The molecule has 1 amide bonds. The van der Waals surface area contributed by atoms with Crippen LogP contribution < -0.4 is 4.74 Å². The zero-order valence-corrected chi connectivity index (χ0v) is 14.3. The maximum Gasteiger partial charge on any atom is 0.316 e. The van der Waals surface area contributed by atoms with Crippen LogP contribution >= 0.6 is 0 Å². The molecule has 0 aliphatic carbocycles. The van der Waals surface area contributed by atoms with Gasteiger partial charge in [-0.25, -0.2) is 9.97 Å². The van der Waals surface area contributed by atoms with Gasteiger partial charge in [0, 0.05) is 38.6 Å². The number of rotatable bonds is 3. The highest BCUT2D eigenvalue weighted by Crippen LogP contribution is 2.36. The van der Waals surface area contributed by atoms with E-state index < -0.39 is 0 Å². The molecule has 7 heteroatoms. The first-order valence-electron chi connectivity index (χ1n) is 8.63. The Hall–Kier alpha value is -2.41. The number of piperidine rings is 1. The number of amides is 1. The molecule has 2 aliphatic heterocycles. The van der Waals surface area contributed by atoms with E-state index in [0.29, 0.717) is 24.9 Å². The summed E-state index contributed by atoms with van der Waals surface area (Å²) in [7, 11) is 1.89. The molecule has 7 nitrogen and oxygen atoms in total. The lowest BCUT2D eigenvalue weighted by Gasteiger charge is -2.39. The van der Waals surface area contributed by atoms with Gasteiger partial charge >= 0.3 is 6.01 Å². The van der Waals surface area contributed by atoms with Crippen molar-refractivity contribution >= 4 is 5.91 Å². The van der Waals surface area contributed by atoms with Gasteiger partial charge < -0.3 is 18.9 Å². The van der Waals surface area contributed by atoms with Gasteiger partial charge in [0.15, 0.2) is 0 Å². The molecular weight excluding hydrogens is 320 g/mol. The summed E-state index contributed by atoms with van der Waals surface area (Å²) < 4.78 is 13.8. The van der Waals surface area contributed by atoms with E-state index in [2.05, 4.69) is 9.97 Å². The van der Waals surface area contributed by atoms with Gasteiger partial charge in [-0.15, -0.1) is 0 Å². The van der Waals surface area contributed by atoms with Crippen LogP contribution in [0.5, 0.6) is 6.01 Å². The van der Waals surface area contributed by atoms with Crippen molar-refractivity contribution in [2.24, 2.45) is 7.05 Å². The van der Waals surface area contributed by atoms with Gasteiger partial charge in [0.1, 0.15) is 11.8 Å². The standard InChI is InChI=1S/C18H22N4O3/c1-21-9-2-5-15(21)16(23)22-10-3-6-18(13-22)11-14(12-24-18)25-17-19-7-4-8-20-17/h2,4-5,7-9,14H,3,6,10-13H2,1H3. The Morgan fingerprint density at radius 3 is 2.96 bits per heavy atom. The lowest BCUT2D eigenvalue weighted by atomic mass is 9.89. The number of aryl methyl sites for hydroxylation is 1. The molecule has 2 aliphatic rings. The molecule has 132 valence electrons. The van der Waals surface area contributed by atoms with Crippen molar-refractivity contribution in [2.45, 2.75) is 31.0 Å². The maximum absolute atomic E-state index is 12.8. The zero-order chi connectivity index (χ0) is 17.3. The molecule has 2 atom stereocenters. The molecule has 2 saturated heterocycles. The minimum absolute atomic E-state index is 0.0611. The van der Waals surface area contributed by atoms with Crippen LogP contribution in [-0.2, 0) is 11.8 Å². The van der Waals surface area contributed by atoms with Crippen molar-refractivity contribution in [3.8, 4) is 6.01 Å². The minimum Gasteiger partial charge on any atom is -0.458 e. The molecule has 0 N–H and O–H groups in total. The minimum atomic E-state index is -0.321. The fourth-order valence-corrected chi connectivity index (χ4v) is 3.77. The van der Waals surface area contributed by atoms with Crippen molar-refractivity contribution in [3.63, 3.8) is 0 Å². The fraction of sp³-hybridized carbons (Fsp3) is 0.500. The summed E-state index contributed by atoms with van der Waals surface area (Å²) in [6, 6.07) is 5.88. The van der Waals surface area contributed by atoms with E-state index in [4.69, 9.17) is 9.47 Å². The van der Waals surface area contributed by atoms with Crippen molar-refractivity contribution in [2.75, 3.05) is 19.7 Å².